The molecule has 2 aromatic rings. The summed E-state index contributed by atoms with van der Waals surface area (Å²) in [4.78, 5) is 12.5. The lowest BCUT2D eigenvalue weighted by molar-refractivity contribution is -0.119. The predicted octanol–water partition coefficient (Wildman–Crippen LogP) is 1.74. The molecule has 11 heteroatoms. The molecule has 0 aromatic heterocycles. The fraction of sp³-hybridized carbons (Fsp3) is 0.409. The maximum absolute atomic E-state index is 12.5. The van der Waals surface area contributed by atoms with Gasteiger partial charge in [-0.2, -0.15) is 4.31 Å². The van der Waals surface area contributed by atoms with Gasteiger partial charge in [0.05, 0.1) is 23.4 Å². The standard InChI is InChI=1S/C22H29N3O6S2/c1-18-5-7-19(8-6-18)25(32(2,27)28)17-22(26)23-13-16-31-20-9-11-21(12-10-20)33(29,30)24-14-3-4-15-24/h5-12H,3-4,13-17H2,1-2H3,(H,23,26). The number of rotatable bonds is 10. The van der Waals surface area contributed by atoms with E-state index in [1.165, 1.54) is 16.4 Å². The normalized spacial score (nSPS) is 14.7. The summed E-state index contributed by atoms with van der Waals surface area (Å²) < 4.78 is 57.4. The number of hydrogen-bond acceptors (Lipinski definition) is 6. The highest BCUT2D eigenvalue weighted by Crippen LogP contribution is 2.23. The van der Waals surface area contributed by atoms with Crippen LogP contribution in [0.4, 0.5) is 5.69 Å². The Hall–Kier alpha value is -2.63. The highest BCUT2D eigenvalue weighted by molar-refractivity contribution is 7.92. The molecule has 1 aliphatic heterocycles. The molecule has 2 aromatic carbocycles. The van der Waals surface area contributed by atoms with Gasteiger partial charge in [-0.15, -0.1) is 0 Å². The van der Waals surface area contributed by atoms with Gasteiger partial charge in [-0.05, 0) is 56.2 Å². The van der Waals surface area contributed by atoms with Gasteiger partial charge in [0.25, 0.3) is 0 Å². The second-order valence-electron chi connectivity index (χ2n) is 7.89. The van der Waals surface area contributed by atoms with Crippen molar-refractivity contribution in [3.63, 3.8) is 0 Å². The first-order valence-electron chi connectivity index (χ1n) is 10.6. The SMILES string of the molecule is Cc1ccc(N(CC(=O)NCCOc2ccc(S(=O)(=O)N3CCCC3)cc2)S(C)(=O)=O)cc1. The van der Waals surface area contributed by atoms with Gasteiger partial charge in [0, 0.05) is 13.1 Å². The quantitative estimate of drug-likeness (QED) is 0.503. The lowest BCUT2D eigenvalue weighted by Gasteiger charge is -2.22. The Balaban J connectivity index is 1.49. The summed E-state index contributed by atoms with van der Waals surface area (Å²) >= 11 is 0. The van der Waals surface area contributed by atoms with E-state index in [9.17, 15) is 21.6 Å². The first kappa shape index (κ1) is 25.0. The third kappa shape index (κ3) is 6.68. The van der Waals surface area contributed by atoms with Crippen molar-refractivity contribution >= 4 is 31.6 Å². The number of anilines is 1. The van der Waals surface area contributed by atoms with Crippen molar-refractivity contribution in [1.29, 1.82) is 0 Å². The van der Waals surface area contributed by atoms with E-state index in [1.807, 2.05) is 6.92 Å². The Kier molecular flexibility index (Phi) is 7.98. The van der Waals surface area contributed by atoms with Crippen LogP contribution >= 0.6 is 0 Å². The molecule has 0 aliphatic carbocycles. The number of sulfonamides is 2. The first-order chi connectivity index (χ1) is 15.6. The number of nitrogens with zero attached hydrogens (tertiary/aromatic N) is 2. The third-order valence-electron chi connectivity index (χ3n) is 5.23. The maximum Gasteiger partial charge on any atom is 0.243 e. The van der Waals surface area contributed by atoms with E-state index in [0.717, 1.165) is 29.0 Å². The molecule has 1 fully saturated rings. The van der Waals surface area contributed by atoms with Crippen LogP contribution in [0.5, 0.6) is 5.75 Å². The smallest absolute Gasteiger partial charge is 0.243 e. The van der Waals surface area contributed by atoms with E-state index in [1.54, 1.807) is 36.4 Å². The monoisotopic (exact) mass is 495 g/mol. The molecule has 1 saturated heterocycles. The number of benzene rings is 2. The number of carbonyl (C=O) groups excluding carboxylic acids is 1. The lowest BCUT2D eigenvalue weighted by Crippen LogP contribution is -2.41. The summed E-state index contributed by atoms with van der Waals surface area (Å²) in [5, 5.41) is 2.64. The summed E-state index contributed by atoms with van der Waals surface area (Å²) in [6, 6.07) is 13.0. The molecule has 1 amide bonds. The zero-order valence-corrected chi connectivity index (χ0v) is 20.4. The minimum absolute atomic E-state index is 0.146. The summed E-state index contributed by atoms with van der Waals surface area (Å²) in [5.41, 5.74) is 1.40. The molecule has 0 unspecified atom stereocenters. The van der Waals surface area contributed by atoms with Gasteiger partial charge in [0.2, 0.25) is 26.0 Å². The number of aryl methyl sites for hydroxylation is 1. The molecule has 33 heavy (non-hydrogen) atoms. The fourth-order valence-corrected chi connectivity index (χ4v) is 5.82. The minimum atomic E-state index is -3.63. The van der Waals surface area contributed by atoms with Crippen molar-refractivity contribution < 1.29 is 26.4 Å². The highest BCUT2D eigenvalue weighted by Gasteiger charge is 2.27. The van der Waals surface area contributed by atoms with Crippen molar-refractivity contribution in [2.75, 3.05) is 43.3 Å². The van der Waals surface area contributed by atoms with Crippen LogP contribution in [0.2, 0.25) is 0 Å². The van der Waals surface area contributed by atoms with E-state index in [4.69, 9.17) is 4.74 Å². The molecular weight excluding hydrogens is 466 g/mol. The van der Waals surface area contributed by atoms with Gasteiger partial charge in [-0.25, -0.2) is 16.8 Å². The van der Waals surface area contributed by atoms with Gasteiger partial charge < -0.3 is 10.1 Å². The molecular formula is C22H29N3O6S2. The van der Waals surface area contributed by atoms with E-state index < -0.39 is 26.0 Å². The highest BCUT2D eigenvalue weighted by atomic mass is 32.2. The second-order valence-corrected chi connectivity index (χ2v) is 11.7. The summed E-state index contributed by atoms with van der Waals surface area (Å²) in [6.07, 6.45) is 2.80. The van der Waals surface area contributed by atoms with Crippen molar-refractivity contribution in [2.45, 2.75) is 24.7 Å². The molecule has 180 valence electrons. The molecule has 1 N–H and O–H groups in total. The van der Waals surface area contributed by atoms with Gasteiger partial charge >= 0.3 is 0 Å². The van der Waals surface area contributed by atoms with Crippen molar-refractivity contribution in [2.24, 2.45) is 0 Å². The topological polar surface area (TPSA) is 113 Å². The predicted molar refractivity (Wildman–Crippen MR) is 126 cm³/mol. The zero-order valence-electron chi connectivity index (χ0n) is 18.7. The summed E-state index contributed by atoms with van der Waals surface area (Å²) in [7, 11) is -7.11. The number of hydrogen-bond donors (Lipinski definition) is 1. The number of nitrogens with one attached hydrogen (secondary N) is 1. The van der Waals surface area contributed by atoms with E-state index >= 15 is 0 Å². The molecule has 0 radical (unpaired) electrons. The summed E-state index contributed by atoms with van der Waals surface area (Å²) in [6.45, 7) is 2.94. The molecule has 0 atom stereocenters. The number of amides is 1. The van der Waals surface area contributed by atoms with E-state index in [2.05, 4.69) is 5.32 Å². The molecule has 0 saturated carbocycles. The van der Waals surface area contributed by atoms with Crippen LogP contribution in [-0.4, -0.2) is 66.1 Å². The van der Waals surface area contributed by atoms with Crippen LogP contribution in [0.1, 0.15) is 18.4 Å². The van der Waals surface area contributed by atoms with Crippen LogP contribution in [0, 0.1) is 6.92 Å². The molecule has 1 heterocycles. The molecule has 0 spiro atoms. The molecule has 3 rings (SSSR count). The van der Waals surface area contributed by atoms with E-state index in [-0.39, 0.29) is 24.6 Å². The number of ether oxygens (including phenoxy) is 1. The van der Waals surface area contributed by atoms with Crippen molar-refractivity contribution in [1.82, 2.24) is 9.62 Å². The molecule has 1 aliphatic rings. The van der Waals surface area contributed by atoms with Gasteiger partial charge in [0.15, 0.2) is 0 Å². The lowest BCUT2D eigenvalue weighted by atomic mass is 10.2. The van der Waals surface area contributed by atoms with Crippen LogP contribution in [0.25, 0.3) is 0 Å². The largest absolute Gasteiger partial charge is 0.492 e. The van der Waals surface area contributed by atoms with Crippen LogP contribution in [0.15, 0.2) is 53.4 Å². The maximum atomic E-state index is 12.5. The Morgan fingerprint density at radius 2 is 1.61 bits per heavy atom. The van der Waals surface area contributed by atoms with Crippen molar-refractivity contribution in [3.05, 3.63) is 54.1 Å². The third-order valence-corrected chi connectivity index (χ3v) is 8.28. The van der Waals surface area contributed by atoms with Crippen LogP contribution in [-0.2, 0) is 24.8 Å². The Morgan fingerprint density at radius 1 is 1.00 bits per heavy atom. The van der Waals surface area contributed by atoms with Crippen LogP contribution < -0.4 is 14.4 Å². The minimum Gasteiger partial charge on any atom is -0.492 e. The number of carbonyl (C=O) groups is 1. The summed E-state index contributed by atoms with van der Waals surface area (Å²) in [5.74, 6) is 0.0127. The Bertz CT molecular complexity index is 1160. The first-order valence-corrected chi connectivity index (χ1v) is 13.9. The fourth-order valence-electron chi connectivity index (χ4n) is 3.44. The average Bonchev–Trinajstić information content (AvgIpc) is 3.31. The second kappa shape index (κ2) is 10.5. The Morgan fingerprint density at radius 3 is 2.18 bits per heavy atom. The van der Waals surface area contributed by atoms with Crippen LogP contribution in [0.3, 0.4) is 0 Å². The molecule has 9 nitrogen and oxygen atoms in total. The Labute approximate surface area is 195 Å². The molecule has 0 bridgehead atoms. The van der Waals surface area contributed by atoms with Gasteiger partial charge in [0.1, 0.15) is 18.9 Å². The average molecular weight is 496 g/mol. The van der Waals surface area contributed by atoms with Gasteiger partial charge in [-0.1, -0.05) is 17.7 Å². The van der Waals surface area contributed by atoms with E-state index in [0.29, 0.717) is 24.5 Å². The van der Waals surface area contributed by atoms with Crippen molar-refractivity contribution in [3.8, 4) is 5.75 Å². The zero-order chi connectivity index (χ0) is 24.1. The van der Waals surface area contributed by atoms with Gasteiger partial charge in [-0.3, -0.25) is 9.10 Å².